The van der Waals surface area contributed by atoms with Gasteiger partial charge in [-0.05, 0) is 18.2 Å². The average Bonchev–Trinajstić information content (AvgIpc) is 2.83. The molecule has 1 aromatic heterocycles. The van der Waals surface area contributed by atoms with Crippen molar-refractivity contribution in [3.63, 3.8) is 0 Å². The van der Waals surface area contributed by atoms with Crippen LogP contribution in [0.2, 0.25) is 0 Å². The van der Waals surface area contributed by atoms with Gasteiger partial charge in [-0.15, -0.1) is 0 Å². The number of anilines is 1. The Morgan fingerprint density at radius 3 is 2.12 bits per heavy atom. The second kappa shape index (κ2) is 10.5. The van der Waals surface area contributed by atoms with E-state index in [0.29, 0.717) is 49.4 Å². The number of hydrogen-bond donors (Lipinski definition) is 1. The first-order chi connectivity index (χ1) is 15.4. The van der Waals surface area contributed by atoms with Crippen LogP contribution < -0.4 is 24.4 Å². The van der Waals surface area contributed by atoms with Crippen molar-refractivity contribution in [2.75, 3.05) is 64.7 Å². The third-order valence-corrected chi connectivity index (χ3v) is 6.91. The van der Waals surface area contributed by atoms with Crippen LogP contribution in [0.25, 0.3) is 0 Å². The standard InChI is InChI=1S/C20H27N5O6S/c1-29-16-13-15(14-17(30-2)18(16)31-3)19(26)21-7-12-32(27,28)25-10-8-24(9-11-25)20-22-5-4-6-23-20/h4-6,13-14H,7-12H2,1-3H3,(H,21,26). The van der Waals surface area contributed by atoms with Crippen molar-refractivity contribution in [2.24, 2.45) is 0 Å². The van der Waals surface area contributed by atoms with Gasteiger partial charge in [0.1, 0.15) is 0 Å². The Labute approximate surface area is 187 Å². The molecule has 1 aromatic carbocycles. The van der Waals surface area contributed by atoms with Crippen molar-refractivity contribution >= 4 is 21.9 Å². The number of methoxy groups -OCH3 is 3. The molecule has 0 bridgehead atoms. The lowest BCUT2D eigenvalue weighted by molar-refractivity contribution is 0.0955. The van der Waals surface area contributed by atoms with Crippen LogP contribution >= 0.6 is 0 Å². The summed E-state index contributed by atoms with van der Waals surface area (Å²) in [5.74, 6) is 0.988. The number of hydrogen-bond acceptors (Lipinski definition) is 9. The third kappa shape index (κ3) is 5.37. The molecule has 174 valence electrons. The van der Waals surface area contributed by atoms with Crippen LogP contribution in [0.4, 0.5) is 5.95 Å². The summed E-state index contributed by atoms with van der Waals surface area (Å²) < 4.78 is 42.6. The Balaban J connectivity index is 1.55. The fraction of sp³-hybridized carbons (Fsp3) is 0.450. The van der Waals surface area contributed by atoms with Gasteiger partial charge in [0, 0.05) is 50.7 Å². The van der Waals surface area contributed by atoms with E-state index in [1.165, 1.54) is 37.8 Å². The fourth-order valence-corrected chi connectivity index (χ4v) is 4.70. The molecule has 3 rings (SSSR count). The zero-order valence-electron chi connectivity index (χ0n) is 18.3. The van der Waals surface area contributed by atoms with Crippen molar-refractivity contribution in [1.29, 1.82) is 0 Å². The quantitative estimate of drug-likeness (QED) is 0.560. The highest BCUT2D eigenvalue weighted by molar-refractivity contribution is 7.89. The molecule has 0 unspecified atom stereocenters. The molecule has 1 saturated heterocycles. The number of benzene rings is 1. The smallest absolute Gasteiger partial charge is 0.251 e. The van der Waals surface area contributed by atoms with Crippen molar-refractivity contribution in [3.8, 4) is 17.2 Å². The summed E-state index contributed by atoms with van der Waals surface area (Å²) in [7, 11) is 0.856. The monoisotopic (exact) mass is 465 g/mol. The lowest BCUT2D eigenvalue weighted by atomic mass is 10.1. The van der Waals surface area contributed by atoms with Crippen LogP contribution in [0.15, 0.2) is 30.6 Å². The van der Waals surface area contributed by atoms with Gasteiger partial charge in [0.2, 0.25) is 21.7 Å². The molecule has 0 aliphatic carbocycles. The van der Waals surface area contributed by atoms with Gasteiger partial charge in [-0.25, -0.2) is 18.4 Å². The molecule has 0 atom stereocenters. The van der Waals surface area contributed by atoms with Gasteiger partial charge in [0.25, 0.3) is 5.91 Å². The lowest BCUT2D eigenvalue weighted by Gasteiger charge is -2.33. The van der Waals surface area contributed by atoms with Gasteiger partial charge in [-0.1, -0.05) is 0 Å². The van der Waals surface area contributed by atoms with E-state index in [1.54, 1.807) is 18.5 Å². The highest BCUT2D eigenvalue weighted by Gasteiger charge is 2.27. The number of nitrogens with zero attached hydrogens (tertiary/aromatic N) is 4. The van der Waals surface area contributed by atoms with E-state index in [2.05, 4.69) is 15.3 Å². The predicted molar refractivity (Wildman–Crippen MR) is 118 cm³/mol. The van der Waals surface area contributed by atoms with E-state index in [4.69, 9.17) is 14.2 Å². The highest BCUT2D eigenvalue weighted by atomic mass is 32.2. The molecule has 0 radical (unpaired) electrons. The molecule has 32 heavy (non-hydrogen) atoms. The maximum Gasteiger partial charge on any atom is 0.251 e. The minimum atomic E-state index is -3.52. The van der Waals surface area contributed by atoms with Gasteiger partial charge >= 0.3 is 0 Å². The molecule has 0 saturated carbocycles. The maximum absolute atomic E-state index is 12.7. The van der Waals surface area contributed by atoms with Crippen molar-refractivity contribution in [1.82, 2.24) is 19.6 Å². The summed E-state index contributed by atoms with van der Waals surface area (Å²) in [4.78, 5) is 22.9. The minimum absolute atomic E-state index is 0.0279. The van der Waals surface area contributed by atoms with Crippen LogP contribution in [0.1, 0.15) is 10.4 Å². The van der Waals surface area contributed by atoms with Crippen LogP contribution in [-0.2, 0) is 10.0 Å². The number of aromatic nitrogens is 2. The Kier molecular flexibility index (Phi) is 7.70. The number of ether oxygens (including phenoxy) is 3. The van der Waals surface area contributed by atoms with E-state index >= 15 is 0 Å². The summed E-state index contributed by atoms with van der Waals surface area (Å²) in [5, 5.41) is 2.64. The van der Waals surface area contributed by atoms with E-state index in [-0.39, 0.29) is 17.9 Å². The van der Waals surface area contributed by atoms with E-state index in [0.717, 1.165) is 0 Å². The second-order valence-corrected chi connectivity index (χ2v) is 9.01. The van der Waals surface area contributed by atoms with Crippen molar-refractivity contribution in [3.05, 3.63) is 36.2 Å². The summed E-state index contributed by atoms with van der Waals surface area (Å²) in [6.45, 7) is 1.64. The topological polar surface area (TPSA) is 123 Å². The zero-order valence-corrected chi connectivity index (χ0v) is 19.1. The number of amides is 1. The summed E-state index contributed by atoms with van der Waals surface area (Å²) >= 11 is 0. The number of sulfonamides is 1. The molecule has 1 N–H and O–H groups in total. The fourth-order valence-electron chi connectivity index (χ4n) is 3.36. The van der Waals surface area contributed by atoms with Crippen LogP contribution in [0.5, 0.6) is 17.2 Å². The number of nitrogens with one attached hydrogen (secondary N) is 1. The molecule has 12 heteroatoms. The number of carbonyl (C=O) groups is 1. The molecule has 1 aliphatic heterocycles. The summed E-state index contributed by atoms with van der Waals surface area (Å²) in [6, 6.07) is 4.75. The van der Waals surface area contributed by atoms with Crippen LogP contribution in [0.3, 0.4) is 0 Å². The van der Waals surface area contributed by atoms with E-state index < -0.39 is 15.9 Å². The second-order valence-electron chi connectivity index (χ2n) is 6.92. The molecule has 0 spiro atoms. The average molecular weight is 466 g/mol. The SMILES string of the molecule is COc1cc(C(=O)NCCS(=O)(=O)N2CCN(c3ncccn3)CC2)cc(OC)c1OC. The molecule has 1 aliphatic rings. The third-order valence-electron chi connectivity index (χ3n) is 5.04. The van der Waals surface area contributed by atoms with Crippen molar-refractivity contribution < 1.29 is 27.4 Å². The van der Waals surface area contributed by atoms with E-state index in [9.17, 15) is 13.2 Å². The summed E-state index contributed by atoms with van der Waals surface area (Å²) in [5.41, 5.74) is 0.272. The van der Waals surface area contributed by atoms with E-state index in [1.807, 2.05) is 4.90 Å². The van der Waals surface area contributed by atoms with Gasteiger partial charge < -0.3 is 24.4 Å². The van der Waals surface area contributed by atoms with Gasteiger partial charge in [-0.2, -0.15) is 4.31 Å². The molecule has 2 aromatic rings. The minimum Gasteiger partial charge on any atom is -0.493 e. The van der Waals surface area contributed by atoms with Gasteiger partial charge in [-0.3, -0.25) is 4.79 Å². The first-order valence-corrected chi connectivity index (χ1v) is 11.6. The predicted octanol–water partition coefficient (Wildman–Crippen LogP) is 0.384. The molecule has 2 heterocycles. The highest BCUT2D eigenvalue weighted by Crippen LogP contribution is 2.38. The lowest BCUT2D eigenvalue weighted by Crippen LogP contribution is -2.50. The molecular formula is C20H27N5O6S. The largest absolute Gasteiger partial charge is 0.493 e. The maximum atomic E-state index is 12.7. The number of rotatable bonds is 9. The zero-order chi connectivity index (χ0) is 23.1. The molecule has 11 nitrogen and oxygen atoms in total. The summed E-state index contributed by atoms with van der Waals surface area (Å²) in [6.07, 6.45) is 3.31. The first-order valence-electron chi connectivity index (χ1n) is 9.97. The van der Waals surface area contributed by atoms with Crippen LogP contribution in [0, 0.1) is 0 Å². The van der Waals surface area contributed by atoms with Gasteiger partial charge in [0.15, 0.2) is 11.5 Å². The molecule has 1 fully saturated rings. The Morgan fingerprint density at radius 1 is 1.00 bits per heavy atom. The van der Waals surface area contributed by atoms with Crippen LogP contribution in [-0.4, -0.2) is 88.4 Å². The van der Waals surface area contributed by atoms with Crippen molar-refractivity contribution in [2.45, 2.75) is 0 Å². The Morgan fingerprint density at radius 2 is 1.59 bits per heavy atom. The number of carbonyl (C=O) groups excluding carboxylic acids is 1. The number of piperazine rings is 1. The normalized spacial score (nSPS) is 14.7. The molecular weight excluding hydrogens is 438 g/mol. The molecule has 1 amide bonds. The Bertz CT molecular complexity index is 1000. The Hall–Kier alpha value is -3.12. The first kappa shape index (κ1) is 23.5. The van der Waals surface area contributed by atoms with Gasteiger partial charge in [0.05, 0.1) is 27.1 Å².